The molecule has 48 heavy (non-hydrogen) atoms. The van der Waals surface area contributed by atoms with Gasteiger partial charge in [0.1, 0.15) is 22.9 Å². The van der Waals surface area contributed by atoms with Crippen LogP contribution in [0.5, 0.6) is 23.1 Å². The molecule has 3 aromatic heterocycles. The van der Waals surface area contributed by atoms with E-state index in [2.05, 4.69) is 112 Å². The second-order valence-corrected chi connectivity index (χ2v) is 13.6. The first-order chi connectivity index (χ1) is 23.3. The van der Waals surface area contributed by atoms with Crippen LogP contribution in [0.15, 0.2) is 128 Å². The zero-order valence-electron chi connectivity index (χ0n) is 27.9. The van der Waals surface area contributed by atoms with Gasteiger partial charge in [0.2, 0.25) is 5.88 Å². The minimum atomic E-state index is -0.00709. The predicted octanol–water partition coefficient (Wildman–Crippen LogP) is 8.42. The van der Waals surface area contributed by atoms with Crippen molar-refractivity contribution < 1.29 is 9.47 Å². The van der Waals surface area contributed by atoms with Gasteiger partial charge in [-0.05, 0) is 72.8 Å². The number of aryl methyl sites for hydroxylation is 2. The van der Waals surface area contributed by atoms with E-state index in [-0.39, 0.29) is 12.1 Å². The Labute approximate surface area is 281 Å². The number of benzene rings is 4. The van der Waals surface area contributed by atoms with Gasteiger partial charge in [-0.2, -0.15) is 0 Å². The summed E-state index contributed by atoms with van der Waals surface area (Å²) in [5.41, 5.74) is 11.0. The Morgan fingerprint density at radius 3 is 2.23 bits per heavy atom. The lowest BCUT2D eigenvalue weighted by Crippen LogP contribution is -2.56. The normalized spacial score (nSPS) is 12.4. The number of hydrogen-bond acceptors (Lipinski definition) is 4. The van der Waals surface area contributed by atoms with E-state index in [0.717, 1.165) is 62.0 Å². The van der Waals surface area contributed by atoms with E-state index >= 15 is 0 Å². The fraction of sp³-hybridized carbons (Fsp3) is 0.143. The number of pyridine rings is 2. The second kappa shape index (κ2) is 11.6. The molecule has 0 fully saturated rings. The molecule has 8 rings (SSSR count). The lowest BCUT2D eigenvalue weighted by Gasteiger charge is -2.27. The molecular weight excluding hydrogens is 589 g/mol. The highest BCUT2D eigenvalue weighted by Gasteiger charge is 2.39. The van der Waals surface area contributed by atoms with E-state index in [1.54, 1.807) is 0 Å². The van der Waals surface area contributed by atoms with Crippen molar-refractivity contribution in [3.05, 3.63) is 144 Å². The van der Waals surface area contributed by atoms with Crippen molar-refractivity contribution in [1.82, 2.24) is 14.5 Å². The molecule has 0 spiro atoms. The van der Waals surface area contributed by atoms with Crippen LogP contribution in [0.4, 0.5) is 0 Å². The number of nitrogens with zero attached hydrogens (tertiary/aromatic N) is 3. The Morgan fingerprint density at radius 2 is 1.46 bits per heavy atom. The van der Waals surface area contributed by atoms with Gasteiger partial charge in [-0.1, -0.05) is 104 Å². The maximum absolute atomic E-state index is 6.81. The van der Waals surface area contributed by atoms with E-state index in [1.807, 2.05) is 54.9 Å². The van der Waals surface area contributed by atoms with Gasteiger partial charge < -0.3 is 9.47 Å². The number of rotatable bonds is 5. The molecule has 0 aliphatic carbocycles. The maximum Gasteiger partial charge on any atom is 0.254 e. The third-order valence-corrected chi connectivity index (χ3v) is 9.35. The van der Waals surface area contributed by atoms with Crippen molar-refractivity contribution in [1.29, 1.82) is 0 Å². The SMILES string of the molecule is Cc1cccc(C)c1B1c2ccccc2Oc2c1c1cccnc1n2-c1cccc(Oc2cccc(-c3ccc(C(C)(C)C)cn3)c2)c1. The zero-order valence-corrected chi connectivity index (χ0v) is 27.9. The fourth-order valence-electron chi connectivity index (χ4n) is 6.94. The lowest BCUT2D eigenvalue weighted by molar-refractivity contribution is 0.458. The Hall–Kier alpha value is -5.62. The van der Waals surface area contributed by atoms with Gasteiger partial charge in [0.15, 0.2) is 0 Å². The molecule has 0 amide bonds. The molecule has 5 nitrogen and oxygen atoms in total. The number of hydrogen-bond donors (Lipinski definition) is 0. The molecule has 0 N–H and O–H groups in total. The molecule has 0 bridgehead atoms. The van der Waals surface area contributed by atoms with E-state index < -0.39 is 0 Å². The first-order valence-electron chi connectivity index (χ1n) is 16.4. The first kappa shape index (κ1) is 29.8. The summed E-state index contributed by atoms with van der Waals surface area (Å²) in [6.07, 6.45) is 3.81. The van der Waals surface area contributed by atoms with Gasteiger partial charge in [0.25, 0.3) is 6.71 Å². The molecule has 0 saturated heterocycles. The van der Waals surface area contributed by atoms with Gasteiger partial charge in [0, 0.05) is 34.9 Å². The molecule has 0 atom stereocenters. The van der Waals surface area contributed by atoms with Crippen molar-refractivity contribution in [3.8, 4) is 40.1 Å². The molecule has 234 valence electrons. The highest BCUT2D eigenvalue weighted by Crippen LogP contribution is 2.36. The van der Waals surface area contributed by atoms with Crippen LogP contribution in [0.1, 0.15) is 37.5 Å². The van der Waals surface area contributed by atoms with Gasteiger partial charge in [-0.3, -0.25) is 9.55 Å². The number of para-hydroxylation sites is 1. The Kier molecular flexibility index (Phi) is 7.17. The monoisotopic (exact) mass is 625 g/mol. The minimum Gasteiger partial charge on any atom is -0.457 e. The van der Waals surface area contributed by atoms with Crippen LogP contribution in [-0.2, 0) is 5.41 Å². The molecule has 0 unspecified atom stereocenters. The predicted molar refractivity (Wildman–Crippen MR) is 197 cm³/mol. The summed E-state index contributed by atoms with van der Waals surface area (Å²) in [6, 6.07) is 39.5. The van der Waals surface area contributed by atoms with E-state index in [0.29, 0.717) is 0 Å². The smallest absolute Gasteiger partial charge is 0.254 e. The number of ether oxygens (including phenoxy) is 2. The third kappa shape index (κ3) is 5.14. The summed E-state index contributed by atoms with van der Waals surface area (Å²) in [6.45, 7) is 11.0. The Balaban J connectivity index is 1.22. The minimum absolute atomic E-state index is 0.00709. The number of aromatic nitrogens is 3. The van der Waals surface area contributed by atoms with Crippen molar-refractivity contribution in [2.45, 2.75) is 40.0 Å². The third-order valence-electron chi connectivity index (χ3n) is 9.35. The highest BCUT2D eigenvalue weighted by atomic mass is 16.5. The molecule has 4 aromatic carbocycles. The fourth-order valence-corrected chi connectivity index (χ4v) is 6.94. The molecular formula is C42H36BN3O2. The van der Waals surface area contributed by atoms with Crippen molar-refractivity contribution >= 4 is 34.1 Å². The van der Waals surface area contributed by atoms with E-state index in [4.69, 9.17) is 19.4 Å². The van der Waals surface area contributed by atoms with Gasteiger partial charge in [-0.15, -0.1) is 0 Å². The van der Waals surface area contributed by atoms with Gasteiger partial charge in [-0.25, -0.2) is 4.98 Å². The molecule has 1 aliphatic heterocycles. The van der Waals surface area contributed by atoms with Gasteiger partial charge >= 0.3 is 0 Å². The second-order valence-electron chi connectivity index (χ2n) is 13.6. The highest BCUT2D eigenvalue weighted by molar-refractivity contribution is 6.98. The lowest BCUT2D eigenvalue weighted by atomic mass is 9.34. The standard InChI is InChI=1S/C42H36BN3O2/c1-27-12-8-13-28(2)38(27)43-35-19-6-7-20-37(35)48-41-39(43)34-18-11-23-44-40(34)46(41)31-15-10-17-33(25-31)47-32-16-9-14-29(24-32)36-22-21-30(26-45-36)42(3,4)5/h6-26H,1-5H3. The molecule has 0 saturated carbocycles. The van der Waals surface area contributed by atoms with Crippen LogP contribution in [0.25, 0.3) is 28.0 Å². The topological polar surface area (TPSA) is 49.2 Å². The van der Waals surface area contributed by atoms with Crippen molar-refractivity contribution in [2.75, 3.05) is 0 Å². The van der Waals surface area contributed by atoms with Crippen LogP contribution in [-0.4, -0.2) is 21.2 Å². The molecule has 6 heteroatoms. The van der Waals surface area contributed by atoms with Crippen LogP contribution in [0, 0.1) is 13.8 Å². The van der Waals surface area contributed by atoms with Crippen molar-refractivity contribution in [2.24, 2.45) is 0 Å². The van der Waals surface area contributed by atoms with Crippen LogP contribution >= 0.6 is 0 Å². The first-order valence-corrected chi connectivity index (χ1v) is 16.4. The summed E-state index contributed by atoms with van der Waals surface area (Å²) in [7, 11) is 0. The molecule has 1 aliphatic rings. The molecule has 7 aromatic rings. The summed E-state index contributed by atoms with van der Waals surface area (Å²) in [5.74, 6) is 3.09. The zero-order chi connectivity index (χ0) is 33.0. The van der Waals surface area contributed by atoms with Crippen LogP contribution < -0.4 is 25.9 Å². The van der Waals surface area contributed by atoms with Gasteiger partial charge in [0.05, 0.1) is 11.4 Å². The average molecular weight is 626 g/mol. The van der Waals surface area contributed by atoms with E-state index in [9.17, 15) is 0 Å². The molecule has 4 heterocycles. The largest absolute Gasteiger partial charge is 0.457 e. The molecule has 0 radical (unpaired) electrons. The average Bonchev–Trinajstić information content (AvgIpc) is 3.41. The maximum atomic E-state index is 6.81. The van der Waals surface area contributed by atoms with Crippen LogP contribution in [0.2, 0.25) is 0 Å². The van der Waals surface area contributed by atoms with Crippen LogP contribution in [0.3, 0.4) is 0 Å². The summed E-state index contributed by atoms with van der Waals surface area (Å²) in [4.78, 5) is 9.67. The summed E-state index contributed by atoms with van der Waals surface area (Å²) >= 11 is 0. The quantitative estimate of drug-likeness (QED) is 0.180. The summed E-state index contributed by atoms with van der Waals surface area (Å²) < 4.78 is 15.4. The van der Waals surface area contributed by atoms with E-state index in [1.165, 1.54) is 22.2 Å². The van der Waals surface area contributed by atoms with Crippen molar-refractivity contribution in [3.63, 3.8) is 0 Å². The number of fused-ring (bicyclic) bond motifs is 4. The summed E-state index contributed by atoms with van der Waals surface area (Å²) in [5, 5.41) is 1.07. The Morgan fingerprint density at radius 1 is 0.708 bits per heavy atom. The Bertz CT molecular complexity index is 2300.